The number of hydrogen-bond donors (Lipinski definition) is 1. The first kappa shape index (κ1) is 14.9. The molecule has 0 aromatic heterocycles. The zero-order valence-corrected chi connectivity index (χ0v) is 13.7. The smallest absolute Gasteiger partial charge is 0.125 e. The molecule has 1 aliphatic rings. The fourth-order valence-electron chi connectivity index (χ4n) is 2.59. The Morgan fingerprint density at radius 3 is 2.84 bits per heavy atom. The topological polar surface area (TPSA) is 21.3 Å². The van der Waals surface area contributed by atoms with E-state index in [9.17, 15) is 0 Å². The van der Waals surface area contributed by atoms with Crippen molar-refractivity contribution in [2.24, 2.45) is 5.92 Å². The Kier molecular flexibility index (Phi) is 5.28. The summed E-state index contributed by atoms with van der Waals surface area (Å²) >= 11 is 3.61. The number of hydrogen-bond acceptors (Lipinski definition) is 2. The van der Waals surface area contributed by atoms with E-state index >= 15 is 0 Å². The predicted molar refractivity (Wildman–Crippen MR) is 84.0 cm³/mol. The largest absolute Gasteiger partial charge is 0.493 e. The summed E-state index contributed by atoms with van der Waals surface area (Å²) in [5.74, 6) is 1.82. The van der Waals surface area contributed by atoms with E-state index in [2.05, 4.69) is 54.2 Å². The maximum atomic E-state index is 5.79. The highest BCUT2D eigenvalue weighted by Gasteiger charge is 2.18. The molecular weight excluding hydrogens is 302 g/mol. The van der Waals surface area contributed by atoms with E-state index in [1.165, 1.54) is 22.0 Å². The Morgan fingerprint density at radius 1 is 1.32 bits per heavy atom. The van der Waals surface area contributed by atoms with Crippen LogP contribution >= 0.6 is 15.9 Å². The average Bonchev–Trinajstić information content (AvgIpc) is 2.76. The molecule has 0 spiro atoms. The lowest BCUT2D eigenvalue weighted by Crippen LogP contribution is -2.25. The van der Waals surface area contributed by atoms with Crippen LogP contribution in [-0.2, 0) is 12.8 Å². The quantitative estimate of drug-likeness (QED) is 0.855. The molecule has 1 aromatic rings. The molecule has 1 aliphatic heterocycles. The van der Waals surface area contributed by atoms with Gasteiger partial charge in [0.2, 0.25) is 0 Å². The van der Waals surface area contributed by atoms with Crippen molar-refractivity contribution in [1.82, 2.24) is 5.32 Å². The van der Waals surface area contributed by atoms with Crippen molar-refractivity contribution in [3.63, 3.8) is 0 Å². The summed E-state index contributed by atoms with van der Waals surface area (Å²) in [5.41, 5.74) is 2.72. The summed E-state index contributed by atoms with van der Waals surface area (Å²) in [4.78, 5) is 0. The molecule has 0 radical (unpaired) electrons. The second-order valence-corrected chi connectivity index (χ2v) is 6.77. The van der Waals surface area contributed by atoms with Gasteiger partial charge in [0.1, 0.15) is 5.75 Å². The van der Waals surface area contributed by atoms with Gasteiger partial charge >= 0.3 is 0 Å². The zero-order chi connectivity index (χ0) is 13.8. The standard InChI is InChI=1S/C16H24BrNO/c1-11(2)18-6-4-12(3)8-14-10-15(17)9-13-5-7-19-16(13)14/h9-12,18H,4-8H2,1-3H3. The molecule has 0 aliphatic carbocycles. The van der Waals surface area contributed by atoms with E-state index in [1.807, 2.05) is 0 Å². The first-order valence-corrected chi connectivity index (χ1v) is 8.03. The lowest BCUT2D eigenvalue weighted by Gasteiger charge is -2.16. The molecule has 0 amide bonds. The van der Waals surface area contributed by atoms with Gasteiger partial charge in [0.15, 0.2) is 0 Å². The number of fused-ring (bicyclic) bond motifs is 1. The number of ether oxygens (including phenoxy) is 1. The van der Waals surface area contributed by atoms with Crippen LogP contribution in [0, 0.1) is 5.92 Å². The molecule has 0 bridgehead atoms. The summed E-state index contributed by atoms with van der Waals surface area (Å²) < 4.78 is 6.97. The molecule has 1 atom stereocenters. The van der Waals surface area contributed by atoms with Gasteiger partial charge in [0.25, 0.3) is 0 Å². The SMILES string of the molecule is CC(CCNC(C)C)Cc1cc(Br)cc2c1OCC2. The van der Waals surface area contributed by atoms with E-state index in [0.29, 0.717) is 12.0 Å². The minimum atomic E-state index is 0.575. The zero-order valence-electron chi connectivity index (χ0n) is 12.1. The minimum absolute atomic E-state index is 0.575. The van der Waals surface area contributed by atoms with Crippen molar-refractivity contribution in [3.05, 3.63) is 27.7 Å². The highest BCUT2D eigenvalue weighted by atomic mass is 79.9. The average molecular weight is 326 g/mol. The molecule has 0 fully saturated rings. The van der Waals surface area contributed by atoms with Crippen LogP contribution in [0.2, 0.25) is 0 Å². The molecule has 1 aromatic carbocycles. The third-order valence-electron chi connectivity index (χ3n) is 3.58. The molecule has 0 saturated heterocycles. The number of nitrogens with one attached hydrogen (secondary N) is 1. The third kappa shape index (κ3) is 4.22. The Balaban J connectivity index is 1.95. The Morgan fingerprint density at radius 2 is 2.11 bits per heavy atom. The van der Waals surface area contributed by atoms with Gasteiger partial charge in [-0.25, -0.2) is 0 Å². The maximum Gasteiger partial charge on any atom is 0.125 e. The van der Waals surface area contributed by atoms with Crippen molar-refractivity contribution in [2.75, 3.05) is 13.2 Å². The van der Waals surface area contributed by atoms with Crippen LogP contribution in [-0.4, -0.2) is 19.2 Å². The molecule has 1 heterocycles. The molecule has 0 saturated carbocycles. The van der Waals surface area contributed by atoms with Crippen LogP contribution in [0.5, 0.6) is 5.75 Å². The summed E-state index contributed by atoms with van der Waals surface area (Å²) in [6, 6.07) is 4.98. The lowest BCUT2D eigenvalue weighted by atomic mass is 9.96. The van der Waals surface area contributed by atoms with E-state index < -0.39 is 0 Å². The second kappa shape index (κ2) is 6.76. The van der Waals surface area contributed by atoms with Gasteiger partial charge in [0, 0.05) is 16.9 Å². The van der Waals surface area contributed by atoms with Crippen molar-refractivity contribution in [2.45, 2.75) is 46.1 Å². The molecule has 2 nitrogen and oxygen atoms in total. The van der Waals surface area contributed by atoms with E-state index in [1.54, 1.807) is 0 Å². The fourth-order valence-corrected chi connectivity index (χ4v) is 3.15. The molecule has 19 heavy (non-hydrogen) atoms. The summed E-state index contributed by atoms with van der Waals surface area (Å²) in [6.07, 6.45) is 3.35. The van der Waals surface area contributed by atoms with Gasteiger partial charge in [-0.1, -0.05) is 36.7 Å². The molecular formula is C16H24BrNO. The van der Waals surface area contributed by atoms with E-state index in [-0.39, 0.29) is 0 Å². The minimum Gasteiger partial charge on any atom is -0.493 e. The second-order valence-electron chi connectivity index (χ2n) is 5.86. The maximum absolute atomic E-state index is 5.79. The van der Waals surface area contributed by atoms with E-state index in [4.69, 9.17) is 4.74 Å². The molecule has 1 N–H and O–H groups in total. The van der Waals surface area contributed by atoms with Crippen molar-refractivity contribution in [1.29, 1.82) is 0 Å². The van der Waals surface area contributed by atoms with Crippen LogP contribution < -0.4 is 10.1 Å². The molecule has 106 valence electrons. The lowest BCUT2D eigenvalue weighted by molar-refractivity contribution is 0.350. The van der Waals surface area contributed by atoms with E-state index in [0.717, 1.165) is 31.7 Å². The summed E-state index contributed by atoms with van der Waals surface area (Å²) in [6.45, 7) is 8.64. The van der Waals surface area contributed by atoms with Crippen LogP contribution in [0.4, 0.5) is 0 Å². The Bertz CT molecular complexity index is 431. The molecule has 1 unspecified atom stereocenters. The van der Waals surface area contributed by atoms with Crippen LogP contribution in [0.1, 0.15) is 38.3 Å². The van der Waals surface area contributed by atoms with Crippen molar-refractivity contribution < 1.29 is 4.74 Å². The monoisotopic (exact) mass is 325 g/mol. The first-order chi connectivity index (χ1) is 9.06. The van der Waals surface area contributed by atoms with Gasteiger partial charge in [0.05, 0.1) is 6.61 Å². The van der Waals surface area contributed by atoms with Crippen LogP contribution in [0.15, 0.2) is 16.6 Å². The Labute approximate surface area is 125 Å². The molecule has 2 rings (SSSR count). The predicted octanol–water partition coefficient (Wildman–Crippen LogP) is 3.95. The fraction of sp³-hybridized carbons (Fsp3) is 0.625. The highest BCUT2D eigenvalue weighted by Crippen LogP contribution is 2.34. The number of rotatable bonds is 6. The number of halogens is 1. The van der Waals surface area contributed by atoms with Gasteiger partial charge in [-0.2, -0.15) is 0 Å². The van der Waals surface area contributed by atoms with Crippen LogP contribution in [0.3, 0.4) is 0 Å². The highest BCUT2D eigenvalue weighted by molar-refractivity contribution is 9.10. The van der Waals surface area contributed by atoms with Gasteiger partial charge < -0.3 is 10.1 Å². The number of benzene rings is 1. The first-order valence-electron chi connectivity index (χ1n) is 7.23. The van der Waals surface area contributed by atoms with Crippen molar-refractivity contribution in [3.8, 4) is 5.75 Å². The summed E-state index contributed by atoms with van der Waals surface area (Å²) in [5, 5.41) is 3.49. The summed E-state index contributed by atoms with van der Waals surface area (Å²) in [7, 11) is 0. The van der Waals surface area contributed by atoms with Crippen LogP contribution in [0.25, 0.3) is 0 Å². The van der Waals surface area contributed by atoms with Crippen molar-refractivity contribution >= 4 is 15.9 Å². The van der Waals surface area contributed by atoms with Gasteiger partial charge in [-0.15, -0.1) is 0 Å². The molecule has 3 heteroatoms. The van der Waals surface area contributed by atoms with Gasteiger partial charge in [-0.3, -0.25) is 0 Å². The normalized spacial score (nSPS) is 15.4. The Hall–Kier alpha value is -0.540. The third-order valence-corrected chi connectivity index (χ3v) is 4.04. The van der Waals surface area contributed by atoms with Gasteiger partial charge in [-0.05, 0) is 48.6 Å².